The molecular formula is C20H17N5O2S. The highest BCUT2D eigenvalue weighted by molar-refractivity contribution is 7.99. The molecule has 0 aliphatic rings. The molecule has 140 valence electrons. The van der Waals surface area contributed by atoms with Crippen molar-refractivity contribution in [1.82, 2.24) is 25.1 Å². The normalized spacial score (nSPS) is 10.7. The lowest BCUT2D eigenvalue weighted by Crippen LogP contribution is -2.24. The summed E-state index contributed by atoms with van der Waals surface area (Å²) in [6.07, 6.45) is 5.02. The van der Waals surface area contributed by atoms with Crippen LogP contribution in [0.2, 0.25) is 0 Å². The van der Waals surface area contributed by atoms with E-state index in [4.69, 9.17) is 4.42 Å². The summed E-state index contributed by atoms with van der Waals surface area (Å²) in [6, 6.07) is 17.2. The maximum Gasteiger partial charge on any atom is 0.230 e. The average molecular weight is 391 g/mol. The van der Waals surface area contributed by atoms with Crippen LogP contribution in [0.4, 0.5) is 0 Å². The number of benzene rings is 1. The summed E-state index contributed by atoms with van der Waals surface area (Å²) in [5.41, 5.74) is 1.83. The molecule has 0 fully saturated rings. The van der Waals surface area contributed by atoms with Gasteiger partial charge in [0, 0.05) is 23.6 Å². The topological polar surface area (TPSA) is 85.8 Å². The molecule has 3 aromatic heterocycles. The predicted octanol–water partition coefficient (Wildman–Crippen LogP) is 3.33. The number of carbonyl (C=O) groups excluding carboxylic acids is 1. The average Bonchev–Trinajstić information content (AvgIpc) is 3.42. The van der Waals surface area contributed by atoms with Gasteiger partial charge in [-0.15, -0.1) is 10.2 Å². The van der Waals surface area contributed by atoms with Crippen molar-refractivity contribution in [1.29, 1.82) is 0 Å². The Labute approximate surface area is 165 Å². The van der Waals surface area contributed by atoms with E-state index in [1.165, 1.54) is 11.8 Å². The van der Waals surface area contributed by atoms with Crippen molar-refractivity contribution >= 4 is 17.7 Å². The molecule has 1 N–H and O–H groups in total. The van der Waals surface area contributed by atoms with Crippen molar-refractivity contribution in [3.63, 3.8) is 0 Å². The first-order valence-electron chi connectivity index (χ1n) is 8.64. The monoisotopic (exact) mass is 391 g/mol. The van der Waals surface area contributed by atoms with E-state index in [2.05, 4.69) is 20.5 Å². The second-order valence-electron chi connectivity index (χ2n) is 5.86. The summed E-state index contributed by atoms with van der Waals surface area (Å²) in [5.74, 6) is 1.54. The van der Waals surface area contributed by atoms with Gasteiger partial charge in [0.15, 0.2) is 11.0 Å². The smallest absolute Gasteiger partial charge is 0.230 e. The fraction of sp³-hybridized carbons (Fsp3) is 0.100. The molecule has 3 heterocycles. The molecule has 0 spiro atoms. The van der Waals surface area contributed by atoms with Crippen molar-refractivity contribution in [2.24, 2.45) is 0 Å². The van der Waals surface area contributed by atoms with Gasteiger partial charge in [0.05, 0.1) is 18.6 Å². The van der Waals surface area contributed by atoms with Crippen LogP contribution >= 0.6 is 11.8 Å². The fourth-order valence-corrected chi connectivity index (χ4v) is 3.42. The van der Waals surface area contributed by atoms with Crippen LogP contribution in [-0.4, -0.2) is 31.4 Å². The van der Waals surface area contributed by atoms with Crippen LogP contribution < -0.4 is 5.32 Å². The minimum absolute atomic E-state index is 0.102. The van der Waals surface area contributed by atoms with E-state index in [9.17, 15) is 4.79 Å². The number of pyridine rings is 1. The van der Waals surface area contributed by atoms with Gasteiger partial charge in [-0.3, -0.25) is 14.3 Å². The maximum atomic E-state index is 12.2. The van der Waals surface area contributed by atoms with Gasteiger partial charge in [-0.05, 0) is 36.4 Å². The molecule has 7 nitrogen and oxygen atoms in total. The lowest BCUT2D eigenvalue weighted by atomic mass is 10.2. The largest absolute Gasteiger partial charge is 0.467 e. The van der Waals surface area contributed by atoms with Crippen LogP contribution in [0.5, 0.6) is 0 Å². The molecule has 0 saturated carbocycles. The first-order valence-corrected chi connectivity index (χ1v) is 9.63. The lowest BCUT2D eigenvalue weighted by Gasteiger charge is -2.10. The second kappa shape index (κ2) is 8.53. The third-order valence-electron chi connectivity index (χ3n) is 3.96. The molecule has 28 heavy (non-hydrogen) atoms. The van der Waals surface area contributed by atoms with Crippen LogP contribution in [0.3, 0.4) is 0 Å². The van der Waals surface area contributed by atoms with Crippen molar-refractivity contribution in [3.8, 4) is 17.1 Å². The third-order valence-corrected chi connectivity index (χ3v) is 4.89. The minimum atomic E-state index is -0.102. The number of hydrogen-bond donors (Lipinski definition) is 1. The summed E-state index contributed by atoms with van der Waals surface area (Å²) in [5, 5.41) is 12.1. The number of para-hydroxylation sites is 1. The van der Waals surface area contributed by atoms with E-state index in [1.807, 2.05) is 53.1 Å². The number of thioether (sulfide) groups is 1. The molecule has 0 radical (unpaired) electrons. The lowest BCUT2D eigenvalue weighted by molar-refractivity contribution is -0.118. The summed E-state index contributed by atoms with van der Waals surface area (Å²) < 4.78 is 7.17. The van der Waals surface area contributed by atoms with Crippen molar-refractivity contribution in [2.75, 3.05) is 5.75 Å². The zero-order valence-electron chi connectivity index (χ0n) is 14.9. The molecule has 4 aromatic rings. The van der Waals surface area contributed by atoms with Gasteiger partial charge in [0.25, 0.3) is 0 Å². The Balaban J connectivity index is 1.53. The van der Waals surface area contributed by atoms with Gasteiger partial charge < -0.3 is 9.73 Å². The number of furan rings is 1. The van der Waals surface area contributed by atoms with Crippen LogP contribution in [-0.2, 0) is 11.3 Å². The minimum Gasteiger partial charge on any atom is -0.467 e. The van der Waals surface area contributed by atoms with Gasteiger partial charge in [-0.2, -0.15) is 0 Å². The van der Waals surface area contributed by atoms with Crippen LogP contribution in [0.15, 0.2) is 82.8 Å². The molecule has 0 atom stereocenters. The molecular weight excluding hydrogens is 374 g/mol. The number of nitrogens with zero attached hydrogens (tertiary/aromatic N) is 4. The SMILES string of the molecule is O=C(CSc1nnc(-c2ccncc2)n1-c1ccccc1)NCc1ccco1. The summed E-state index contributed by atoms with van der Waals surface area (Å²) in [6.45, 7) is 0.361. The number of nitrogens with one attached hydrogen (secondary N) is 1. The van der Waals surface area contributed by atoms with Crippen LogP contribution in [0, 0.1) is 0 Å². The number of rotatable bonds is 7. The van der Waals surface area contributed by atoms with E-state index in [-0.39, 0.29) is 11.7 Å². The van der Waals surface area contributed by atoms with Crippen LogP contribution in [0.25, 0.3) is 17.1 Å². The number of aromatic nitrogens is 4. The maximum absolute atomic E-state index is 12.2. The Bertz CT molecular complexity index is 1030. The number of carbonyl (C=O) groups is 1. The van der Waals surface area contributed by atoms with E-state index in [0.29, 0.717) is 23.3 Å². The van der Waals surface area contributed by atoms with E-state index < -0.39 is 0 Å². The van der Waals surface area contributed by atoms with Crippen molar-refractivity contribution in [3.05, 3.63) is 79.0 Å². The first kappa shape index (κ1) is 18.0. The Kier molecular flexibility index (Phi) is 5.48. The zero-order chi connectivity index (χ0) is 19.2. The molecule has 0 unspecified atom stereocenters. The number of hydrogen-bond acceptors (Lipinski definition) is 6. The van der Waals surface area contributed by atoms with E-state index in [0.717, 1.165) is 11.3 Å². The fourth-order valence-electron chi connectivity index (χ4n) is 2.64. The van der Waals surface area contributed by atoms with Gasteiger partial charge in [-0.1, -0.05) is 30.0 Å². The molecule has 0 bridgehead atoms. The zero-order valence-corrected chi connectivity index (χ0v) is 15.7. The Hall–Kier alpha value is -3.39. The summed E-state index contributed by atoms with van der Waals surface area (Å²) in [7, 11) is 0. The molecule has 1 aromatic carbocycles. The van der Waals surface area contributed by atoms with Crippen LogP contribution in [0.1, 0.15) is 5.76 Å². The van der Waals surface area contributed by atoms with E-state index in [1.54, 1.807) is 24.7 Å². The Morgan fingerprint density at radius 3 is 2.61 bits per heavy atom. The highest BCUT2D eigenvalue weighted by Gasteiger charge is 2.17. The van der Waals surface area contributed by atoms with E-state index >= 15 is 0 Å². The molecule has 4 rings (SSSR count). The predicted molar refractivity (Wildman–Crippen MR) is 106 cm³/mol. The van der Waals surface area contributed by atoms with Crippen molar-refractivity contribution in [2.45, 2.75) is 11.7 Å². The molecule has 1 amide bonds. The highest BCUT2D eigenvalue weighted by atomic mass is 32.2. The molecule has 8 heteroatoms. The third kappa shape index (κ3) is 4.12. The number of amides is 1. The molecule has 0 saturated heterocycles. The molecule has 0 aliphatic carbocycles. The molecule has 0 aliphatic heterocycles. The van der Waals surface area contributed by atoms with Crippen molar-refractivity contribution < 1.29 is 9.21 Å². The van der Waals surface area contributed by atoms with Gasteiger partial charge >= 0.3 is 0 Å². The Morgan fingerprint density at radius 2 is 1.86 bits per heavy atom. The second-order valence-corrected chi connectivity index (χ2v) is 6.80. The summed E-state index contributed by atoms with van der Waals surface area (Å²) in [4.78, 5) is 16.3. The highest BCUT2D eigenvalue weighted by Crippen LogP contribution is 2.27. The van der Waals surface area contributed by atoms with Gasteiger partial charge in [0.1, 0.15) is 5.76 Å². The van der Waals surface area contributed by atoms with Gasteiger partial charge in [-0.25, -0.2) is 0 Å². The summed E-state index contributed by atoms with van der Waals surface area (Å²) >= 11 is 1.33. The standard InChI is InChI=1S/C20H17N5O2S/c26-18(22-13-17-7-4-12-27-17)14-28-20-24-23-19(15-8-10-21-11-9-15)25(20)16-5-2-1-3-6-16/h1-12H,13-14H2,(H,22,26). The first-order chi connectivity index (χ1) is 13.8. The quantitative estimate of drug-likeness (QED) is 0.486. The Morgan fingerprint density at radius 1 is 1.04 bits per heavy atom. The van der Waals surface area contributed by atoms with Gasteiger partial charge in [0.2, 0.25) is 5.91 Å².